The number of nitrogens with zero attached hydrogens (tertiary/aromatic N) is 1. The third-order valence-corrected chi connectivity index (χ3v) is 2.81. The van der Waals surface area contributed by atoms with E-state index < -0.39 is 7.38 Å². The molecule has 0 aliphatic heterocycles. The van der Waals surface area contributed by atoms with Crippen molar-refractivity contribution in [3.8, 4) is 0 Å². The molecule has 1 aromatic rings. The van der Waals surface area contributed by atoms with Crippen LogP contribution in [0.4, 0.5) is 0 Å². The SMILES string of the molecule is C[Si](C)(Cl)C[n+]1ccccc1.[Cl-]. The van der Waals surface area contributed by atoms with Crippen LogP contribution in [0.15, 0.2) is 30.6 Å². The third kappa shape index (κ3) is 4.75. The van der Waals surface area contributed by atoms with Crippen molar-refractivity contribution in [2.24, 2.45) is 0 Å². The van der Waals surface area contributed by atoms with Crippen LogP contribution in [0.3, 0.4) is 0 Å². The maximum Gasteiger partial charge on any atom is 0.224 e. The van der Waals surface area contributed by atoms with Crippen LogP contribution in [0.2, 0.25) is 13.1 Å². The highest BCUT2D eigenvalue weighted by atomic mass is 35.6. The Morgan fingerprint density at radius 1 is 1.17 bits per heavy atom. The van der Waals surface area contributed by atoms with E-state index in [2.05, 4.69) is 30.1 Å². The predicted molar refractivity (Wildman–Crippen MR) is 50.0 cm³/mol. The third-order valence-electron chi connectivity index (χ3n) is 1.34. The van der Waals surface area contributed by atoms with Crippen molar-refractivity contribution < 1.29 is 17.0 Å². The van der Waals surface area contributed by atoms with Gasteiger partial charge in [0.2, 0.25) is 7.38 Å². The molecule has 1 rings (SSSR count). The number of rotatable bonds is 2. The summed E-state index contributed by atoms with van der Waals surface area (Å²) in [7, 11) is -1.46. The molecule has 0 N–H and O–H groups in total. The van der Waals surface area contributed by atoms with Gasteiger partial charge in [0.15, 0.2) is 12.4 Å². The van der Waals surface area contributed by atoms with Crippen molar-refractivity contribution in [3.63, 3.8) is 0 Å². The van der Waals surface area contributed by atoms with Gasteiger partial charge in [-0.3, -0.25) is 0 Å². The molecule has 0 unspecified atom stereocenters. The molecule has 0 bridgehead atoms. The highest BCUT2D eigenvalue weighted by molar-refractivity contribution is 7.18. The van der Waals surface area contributed by atoms with Gasteiger partial charge in [0, 0.05) is 12.1 Å². The van der Waals surface area contributed by atoms with Gasteiger partial charge in [-0.05, 0) is 0 Å². The summed E-state index contributed by atoms with van der Waals surface area (Å²) in [5.41, 5.74) is 0. The zero-order valence-corrected chi connectivity index (χ0v) is 9.81. The number of hydrogen-bond acceptors (Lipinski definition) is 0. The quantitative estimate of drug-likeness (QED) is 0.342. The summed E-state index contributed by atoms with van der Waals surface area (Å²) in [6, 6.07) is 6.06. The molecule has 0 fully saturated rings. The second-order valence-electron chi connectivity index (χ2n) is 3.27. The average molecular weight is 222 g/mol. The minimum atomic E-state index is -1.46. The molecule has 0 saturated carbocycles. The number of halogens is 2. The summed E-state index contributed by atoms with van der Waals surface area (Å²) < 4.78 is 2.14. The van der Waals surface area contributed by atoms with Crippen LogP contribution < -0.4 is 17.0 Å². The van der Waals surface area contributed by atoms with Crippen LogP contribution in [-0.4, -0.2) is 7.38 Å². The Bertz CT molecular complexity index is 220. The summed E-state index contributed by atoms with van der Waals surface area (Å²) in [6.45, 7) is 4.29. The van der Waals surface area contributed by atoms with Crippen LogP contribution in [0.1, 0.15) is 0 Å². The molecule has 0 saturated heterocycles. The topological polar surface area (TPSA) is 3.88 Å². The van der Waals surface area contributed by atoms with Gasteiger partial charge in [-0.15, -0.1) is 0 Å². The van der Waals surface area contributed by atoms with E-state index in [4.69, 9.17) is 11.1 Å². The van der Waals surface area contributed by atoms with E-state index in [0.717, 1.165) is 6.17 Å². The molecular formula is C8H13Cl2NSi. The van der Waals surface area contributed by atoms with E-state index in [1.807, 2.05) is 18.2 Å². The van der Waals surface area contributed by atoms with E-state index in [1.54, 1.807) is 0 Å². The maximum atomic E-state index is 6.19. The molecule has 0 spiro atoms. The molecule has 68 valence electrons. The molecule has 0 radical (unpaired) electrons. The van der Waals surface area contributed by atoms with Gasteiger partial charge in [-0.25, -0.2) is 4.57 Å². The fraction of sp³-hybridized carbons (Fsp3) is 0.375. The van der Waals surface area contributed by atoms with Crippen LogP contribution in [-0.2, 0) is 6.17 Å². The standard InChI is InChI=1S/C8H13ClNSi.ClH/c1-11(2,9)8-10-6-4-3-5-7-10;/h3-7H,8H2,1-2H3;1H/q+1;/p-1. The Morgan fingerprint density at radius 2 is 1.67 bits per heavy atom. The Balaban J connectivity index is 0.00000121. The van der Waals surface area contributed by atoms with Gasteiger partial charge < -0.3 is 12.4 Å². The molecule has 0 aliphatic carbocycles. The average Bonchev–Trinajstić information content (AvgIpc) is 1.85. The summed E-state index contributed by atoms with van der Waals surface area (Å²) in [6.07, 6.45) is 5.09. The van der Waals surface area contributed by atoms with Gasteiger partial charge in [0.05, 0.1) is 0 Å². The largest absolute Gasteiger partial charge is 1.00 e. The number of pyridine rings is 1. The number of hydrogen-bond donors (Lipinski definition) is 0. The summed E-state index contributed by atoms with van der Waals surface area (Å²) in [5, 5.41) is 0. The first-order valence-corrected chi connectivity index (χ1v) is 7.93. The molecule has 1 heterocycles. The van der Waals surface area contributed by atoms with Crippen molar-refractivity contribution in [2.45, 2.75) is 19.3 Å². The fourth-order valence-corrected chi connectivity index (χ4v) is 2.47. The predicted octanol–water partition coefficient (Wildman–Crippen LogP) is -1.04. The molecule has 1 nitrogen and oxygen atoms in total. The lowest BCUT2D eigenvalue weighted by molar-refractivity contribution is -0.680. The van der Waals surface area contributed by atoms with Crippen molar-refractivity contribution in [3.05, 3.63) is 30.6 Å². The normalized spacial score (nSPS) is 10.6. The van der Waals surface area contributed by atoms with Gasteiger partial charge in [-0.2, -0.15) is 11.1 Å². The van der Waals surface area contributed by atoms with Crippen molar-refractivity contribution in [1.82, 2.24) is 0 Å². The smallest absolute Gasteiger partial charge is 0.224 e. The lowest BCUT2D eigenvalue weighted by atomic mass is 10.5. The molecule has 4 heteroatoms. The second kappa shape index (κ2) is 4.85. The minimum absolute atomic E-state index is 0. The van der Waals surface area contributed by atoms with Gasteiger partial charge in [0.1, 0.15) is 6.17 Å². The van der Waals surface area contributed by atoms with Crippen LogP contribution >= 0.6 is 11.1 Å². The lowest BCUT2D eigenvalue weighted by Crippen LogP contribution is -3.00. The second-order valence-corrected chi connectivity index (χ2v) is 10.1. The van der Waals surface area contributed by atoms with E-state index in [-0.39, 0.29) is 12.4 Å². The minimum Gasteiger partial charge on any atom is -1.00 e. The molecular weight excluding hydrogens is 209 g/mol. The van der Waals surface area contributed by atoms with Gasteiger partial charge in [0.25, 0.3) is 0 Å². The Hall–Kier alpha value is -0.0531. The van der Waals surface area contributed by atoms with Gasteiger partial charge >= 0.3 is 0 Å². The van der Waals surface area contributed by atoms with Crippen molar-refractivity contribution >= 4 is 18.5 Å². The summed E-state index contributed by atoms with van der Waals surface area (Å²) >= 11 is 6.19. The summed E-state index contributed by atoms with van der Waals surface area (Å²) in [5.74, 6) is 0. The number of aromatic nitrogens is 1. The Labute approximate surface area is 85.5 Å². The molecule has 12 heavy (non-hydrogen) atoms. The molecule has 1 aromatic heterocycles. The van der Waals surface area contributed by atoms with Crippen molar-refractivity contribution in [1.29, 1.82) is 0 Å². The zero-order valence-electron chi connectivity index (χ0n) is 7.30. The zero-order chi connectivity index (χ0) is 8.32. The lowest BCUT2D eigenvalue weighted by Gasteiger charge is -2.06. The molecule has 0 amide bonds. The van der Waals surface area contributed by atoms with E-state index in [9.17, 15) is 0 Å². The molecule has 0 aliphatic rings. The molecule has 0 aromatic carbocycles. The first kappa shape index (κ1) is 11.9. The Morgan fingerprint density at radius 3 is 2.08 bits per heavy atom. The first-order chi connectivity index (χ1) is 5.08. The van der Waals surface area contributed by atoms with E-state index in [1.165, 1.54) is 0 Å². The van der Waals surface area contributed by atoms with Crippen LogP contribution in [0.5, 0.6) is 0 Å². The molecule has 0 atom stereocenters. The fourth-order valence-electron chi connectivity index (χ4n) is 0.974. The highest BCUT2D eigenvalue weighted by Crippen LogP contribution is 2.06. The highest BCUT2D eigenvalue weighted by Gasteiger charge is 2.22. The first-order valence-electron chi connectivity index (χ1n) is 3.71. The maximum absolute atomic E-state index is 6.19. The van der Waals surface area contributed by atoms with E-state index >= 15 is 0 Å². The Kier molecular flexibility index (Phi) is 4.83. The van der Waals surface area contributed by atoms with Crippen LogP contribution in [0, 0.1) is 0 Å². The monoisotopic (exact) mass is 221 g/mol. The summed E-state index contributed by atoms with van der Waals surface area (Å²) in [4.78, 5) is 0. The van der Waals surface area contributed by atoms with Crippen molar-refractivity contribution in [2.75, 3.05) is 0 Å². The van der Waals surface area contributed by atoms with Gasteiger partial charge in [-0.1, -0.05) is 19.2 Å². The van der Waals surface area contributed by atoms with Crippen LogP contribution in [0.25, 0.3) is 0 Å². The van der Waals surface area contributed by atoms with E-state index in [0.29, 0.717) is 0 Å².